The number of rotatable bonds is 9. The van der Waals surface area contributed by atoms with Gasteiger partial charge in [-0.1, -0.05) is 30.7 Å². The first-order chi connectivity index (χ1) is 13.7. The number of ether oxygens (including phenoxy) is 2. The normalized spacial score (nSPS) is 11.4. The Labute approximate surface area is 175 Å². The number of nitrogens with one attached hydrogen (secondary N) is 1. The highest BCUT2D eigenvalue weighted by Gasteiger charge is 2.11. The van der Waals surface area contributed by atoms with Gasteiger partial charge in [0.1, 0.15) is 0 Å². The number of hydrogen-bond acceptors (Lipinski definition) is 5. The fraction of sp³-hybridized carbons (Fsp3) is 0.250. The van der Waals surface area contributed by atoms with Crippen LogP contribution in [0.5, 0.6) is 11.5 Å². The van der Waals surface area contributed by atoms with E-state index in [9.17, 15) is 13.2 Å². The van der Waals surface area contributed by atoms with Crippen molar-refractivity contribution in [3.8, 4) is 11.5 Å². The number of nitrogens with two attached hydrogens (primary N) is 1. The molecular formula is C20H23ClN2O5S. The predicted molar refractivity (Wildman–Crippen MR) is 115 cm³/mol. The summed E-state index contributed by atoms with van der Waals surface area (Å²) in [5.74, 6) is 0.334. The van der Waals surface area contributed by atoms with Gasteiger partial charge in [0, 0.05) is 11.8 Å². The molecule has 156 valence electrons. The fourth-order valence-corrected chi connectivity index (χ4v) is 3.38. The first kappa shape index (κ1) is 22.7. The number of anilines is 1. The van der Waals surface area contributed by atoms with Crippen molar-refractivity contribution in [3.05, 3.63) is 58.6 Å². The van der Waals surface area contributed by atoms with Crippen molar-refractivity contribution >= 4 is 39.3 Å². The maximum atomic E-state index is 12.1. The Balaban J connectivity index is 2.06. The van der Waals surface area contributed by atoms with Gasteiger partial charge in [-0.15, -0.1) is 0 Å². The largest absolute Gasteiger partial charge is 0.493 e. The molecule has 0 radical (unpaired) electrons. The Kier molecular flexibility index (Phi) is 8.07. The van der Waals surface area contributed by atoms with Crippen molar-refractivity contribution < 1.29 is 22.7 Å². The number of halogens is 1. The van der Waals surface area contributed by atoms with Crippen LogP contribution in [-0.2, 0) is 20.6 Å². The van der Waals surface area contributed by atoms with Crippen molar-refractivity contribution in [1.29, 1.82) is 0 Å². The molecule has 0 saturated carbocycles. The van der Waals surface area contributed by atoms with Crippen molar-refractivity contribution in [3.63, 3.8) is 0 Å². The van der Waals surface area contributed by atoms with Gasteiger partial charge >= 0.3 is 0 Å². The van der Waals surface area contributed by atoms with Gasteiger partial charge in [-0.25, -0.2) is 13.6 Å². The summed E-state index contributed by atoms with van der Waals surface area (Å²) < 4.78 is 33.1. The van der Waals surface area contributed by atoms with Gasteiger partial charge in [0.25, 0.3) is 0 Å². The molecule has 0 aliphatic rings. The molecule has 0 atom stereocenters. The lowest BCUT2D eigenvalue weighted by molar-refractivity contribution is -0.111. The molecule has 0 aliphatic carbocycles. The van der Waals surface area contributed by atoms with Crippen LogP contribution in [0.15, 0.2) is 42.5 Å². The number of methoxy groups -OCH3 is 1. The maximum Gasteiger partial charge on any atom is 0.248 e. The van der Waals surface area contributed by atoms with Crippen LogP contribution in [0.3, 0.4) is 0 Å². The van der Waals surface area contributed by atoms with Gasteiger partial charge in [0.15, 0.2) is 11.5 Å². The topological polar surface area (TPSA) is 108 Å². The third-order valence-electron chi connectivity index (χ3n) is 3.72. The van der Waals surface area contributed by atoms with Crippen LogP contribution in [0.25, 0.3) is 6.08 Å². The van der Waals surface area contributed by atoms with Gasteiger partial charge < -0.3 is 14.8 Å². The second-order valence-electron chi connectivity index (χ2n) is 6.21. The molecule has 0 aromatic heterocycles. The van der Waals surface area contributed by atoms with E-state index in [0.29, 0.717) is 39.9 Å². The summed E-state index contributed by atoms with van der Waals surface area (Å²) in [4.78, 5) is 12.1. The van der Waals surface area contributed by atoms with Gasteiger partial charge in [-0.2, -0.15) is 0 Å². The molecule has 0 bridgehead atoms. The van der Waals surface area contributed by atoms with Crippen molar-refractivity contribution in [2.45, 2.75) is 19.1 Å². The maximum absolute atomic E-state index is 12.1. The molecule has 0 unspecified atom stereocenters. The number of hydrogen-bond donors (Lipinski definition) is 2. The van der Waals surface area contributed by atoms with Crippen molar-refractivity contribution in [2.75, 3.05) is 19.0 Å². The number of sulfonamides is 1. The summed E-state index contributed by atoms with van der Waals surface area (Å²) in [5, 5.41) is 8.09. The van der Waals surface area contributed by atoms with Crippen LogP contribution in [0, 0.1) is 0 Å². The first-order valence-electron chi connectivity index (χ1n) is 8.80. The number of amides is 1. The highest BCUT2D eigenvalue weighted by Crippen LogP contribution is 2.36. The molecule has 0 heterocycles. The molecule has 2 aromatic carbocycles. The number of carbonyl (C=O) groups excluding carboxylic acids is 1. The van der Waals surface area contributed by atoms with Crippen LogP contribution in [-0.4, -0.2) is 28.0 Å². The van der Waals surface area contributed by atoms with E-state index in [0.717, 1.165) is 6.42 Å². The Morgan fingerprint density at radius 2 is 1.93 bits per heavy atom. The Bertz CT molecular complexity index is 989. The molecule has 2 rings (SSSR count). The molecule has 0 fully saturated rings. The third kappa shape index (κ3) is 7.41. The number of primary sulfonamides is 1. The molecule has 3 N–H and O–H groups in total. The minimum Gasteiger partial charge on any atom is -0.493 e. The van der Waals surface area contributed by atoms with E-state index in [1.54, 1.807) is 42.5 Å². The van der Waals surface area contributed by atoms with Crippen LogP contribution < -0.4 is 19.9 Å². The zero-order valence-electron chi connectivity index (χ0n) is 16.1. The summed E-state index contributed by atoms with van der Waals surface area (Å²) in [5.41, 5.74) is 1.74. The van der Waals surface area contributed by atoms with E-state index in [-0.39, 0.29) is 11.7 Å². The lowest BCUT2D eigenvalue weighted by Crippen LogP contribution is -2.14. The standard InChI is InChI=1S/C20H23ClN2O5S/c1-3-10-28-20-17(21)11-15(12-18(20)27-2)6-9-19(24)23-16-7-4-14(5-8-16)13-29(22,25)26/h4-9,11-12H,3,10,13H2,1-2H3,(H,23,24)(H2,22,25,26)/b9-6+. The summed E-state index contributed by atoms with van der Waals surface area (Å²) >= 11 is 6.26. The molecule has 1 amide bonds. The Morgan fingerprint density at radius 1 is 1.24 bits per heavy atom. The fourth-order valence-electron chi connectivity index (χ4n) is 2.45. The number of carbonyl (C=O) groups is 1. The van der Waals surface area contributed by atoms with E-state index < -0.39 is 10.0 Å². The molecule has 9 heteroatoms. The zero-order chi connectivity index (χ0) is 21.4. The van der Waals surface area contributed by atoms with Crippen LogP contribution in [0.1, 0.15) is 24.5 Å². The summed E-state index contributed by atoms with van der Waals surface area (Å²) in [6, 6.07) is 9.79. The first-order valence-corrected chi connectivity index (χ1v) is 10.9. The average Bonchev–Trinajstić information content (AvgIpc) is 2.65. The van der Waals surface area contributed by atoms with Gasteiger partial charge in [0.2, 0.25) is 15.9 Å². The van der Waals surface area contributed by atoms with Crippen molar-refractivity contribution in [2.24, 2.45) is 5.14 Å². The lowest BCUT2D eigenvalue weighted by Gasteiger charge is -2.12. The van der Waals surface area contributed by atoms with E-state index in [4.69, 9.17) is 26.2 Å². The lowest BCUT2D eigenvalue weighted by atomic mass is 10.1. The molecule has 0 aliphatic heterocycles. The zero-order valence-corrected chi connectivity index (χ0v) is 17.7. The minimum absolute atomic E-state index is 0.262. The third-order valence-corrected chi connectivity index (χ3v) is 4.74. The van der Waals surface area contributed by atoms with E-state index in [1.165, 1.54) is 13.2 Å². The van der Waals surface area contributed by atoms with Crippen LogP contribution in [0.2, 0.25) is 5.02 Å². The predicted octanol–water partition coefficient (Wildman–Crippen LogP) is 3.58. The summed E-state index contributed by atoms with van der Waals surface area (Å²) in [6.07, 6.45) is 3.79. The molecule has 7 nitrogen and oxygen atoms in total. The highest BCUT2D eigenvalue weighted by molar-refractivity contribution is 7.88. The van der Waals surface area contributed by atoms with Gasteiger partial charge in [0.05, 0.1) is 24.5 Å². The minimum atomic E-state index is -3.60. The molecule has 0 saturated heterocycles. The van der Waals surface area contributed by atoms with E-state index in [2.05, 4.69) is 5.32 Å². The van der Waals surface area contributed by atoms with Gasteiger partial charge in [-0.05, 0) is 47.9 Å². The SMILES string of the molecule is CCCOc1c(Cl)cc(/C=C/C(=O)Nc2ccc(CS(N)(=O)=O)cc2)cc1OC. The highest BCUT2D eigenvalue weighted by atomic mass is 35.5. The molecular weight excluding hydrogens is 416 g/mol. The van der Waals surface area contributed by atoms with E-state index in [1.807, 2.05) is 6.92 Å². The average molecular weight is 439 g/mol. The monoisotopic (exact) mass is 438 g/mol. The quantitative estimate of drug-likeness (QED) is 0.582. The van der Waals surface area contributed by atoms with Crippen LogP contribution >= 0.6 is 11.6 Å². The second-order valence-corrected chi connectivity index (χ2v) is 8.23. The van der Waals surface area contributed by atoms with Crippen molar-refractivity contribution in [1.82, 2.24) is 0 Å². The molecule has 2 aromatic rings. The summed E-state index contributed by atoms with van der Waals surface area (Å²) in [7, 11) is -2.08. The Hall–Kier alpha value is -2.55. The smallest absolute Gasteiger partial charge is 0.248 e. The van der Waals surface area contributed by atoms with Gasteiger partial charge in [-0.3, -0.25) is 4.79 Å². The summed E-state index contributed by atoms with van der Waals surface area (Å²) in [6.45, 7) is 2.51. The van der Waals surface area contributed by atoms with Crippen LogP contribution in [0.4, 0.5) is 5.69 Å². The molecule has 29 heavy (non-hydrogen) atoms. The van der Waals surface area contributed by atoms with E-state index >= 15 is 0 Å². The molecule has 0 spiro atoms. The number of benzene rings is 2. The second kappa shape index (κ2) is 10.3. The Morgan fingerprint density at radius 3 is 2.52 bits per heavy atom.